The van der Waals surface area contributed by atoms with Crippen LogP contribution < -0.4 is 27.0 Å². The fourth-order valence-electron chi connectivity index (χ4n) is 3.05. The summed E-state index contributed by atoms with van der Waals surface area (Å²) in [6, 6.07) is -2.21. The standard InChI is InChI=1S/C20H32N6O5S/c1-3-14(18(30)24-15(13(2)27)7-6-11-22-19(21)31)25-20(32)23-10-4-5-12-26-16(28)8-9-17(26)29/h3,14-15H,1,4-12H2,2H3,(H,24,30)(H3,21,22,31)(H2,23,25,32)/t14-,15-/m0/s1. The number of likely N-dealkylation sites (tertiary alicyclic amines) is 1. The zero-order chi connectivity index (χ0) is 24.1. The van der Waals surface area contributed by atoms with Crippen LogP contribution in [0.3, 0.4) is 0 Å². The van der Waals surface area contributed by atoms with Gasteiger partial charge in [-0.3, -0.25) is 24.1 Å². The molecule has 1 rings (SSSR count). The fourth-order valence-corrected chi connectivity index (χ4v) is 3.28. The zero-order valence-corrected chi connectivity index (χ0v) is 19.1. The second-order valence-corrected chi connectivity index (χ2v) is 7.77. The van der Waals surface area contributed by atoms with Crippen LogP contribution in [0.5, 0.6) is 0 Å². The number of primary amides is 1. The van der Waals surface area contributed by atoms with Crippen molar-refractivity contribution in [1.82, 2.24) is 26.2 Å². The van der Waals surface area contributed by atoms with E-state index in [-0.39, 0.29) is 35.6 Å². The molecule has 0 aliphatic carbocycles. The van der Waals surface area contributed by atoms with Gasteiger partial charge in [0, 0.05) is 32.5 Å². The minimum absolute atomic E-state index is 0.131. The van der Waals surface area contributed by atoms with Gasteiger partial charge in [-0.2, -0.15) is 0 Å². The molecule has 0 spiro atoms. The van der Waals surface area contributed by atoms with Crippen molar-refractivity contribution in [3.63, 3.8) is 0 Å². The number of amides is 5. The molecule has 0 aromatic heterocycles. The van der Waals surface area contributed by atoms with E-state index in [2.05, 4.69) is 27.8 Å². The van der Waals surface area contributed by atoms with Crippen LogP contribution in [0.15, 0.2) is 12.7 Å². The number of hydrogen-bond acceptors (Lipinski definition) is 6. The Balaban J connectivity index is 2.35. The molecule has 12 heteroatoms. The highest BCUT2D eigenvalue weighted by Crippen LogP contribution is 2.12. The summed E-state index contributed by atoms with van der Waals surface area (Å²) in [5.74, 6) is -0.935. The van der Waals surface area contributed by atoms with E-state index in [0.29, 0.717) is 45.3 Å². The second-order valence-electron chi connectivity index (χ2n) is 7.36. The van der Waals surface area contributed by atoms with Crippen molar-refractivity contribution in [2.75, 3.05) is 19.6 Å². The average Bonchev–Trinajstić information content (AvgIpc) is 3.05. The molecule has 0 radical (unpaired) electrons. The Morgan fingerprint density at radius 3 is 2.28 bits per heavy atom. The van der Waals surface area contributed by atoms with Gasteiger partial charge in [0.2, 0.25) is 17.7 Å². The fraction of sp³-hybridized carbons (Fsp3) is 0.600. The van der Waals surface area contributed by atoms with Gasteiger partial charge in [0.05, 0.1) is 6.04 Å². The maximum absolute atomic E-state index is 12.5. The van der Waals surface area contributed by atoms with Gasteiger partial charge in [0.25, 0.3) is 0 Å². The number of hydrogen-bond donors (Lipinski definition) is 5. The van der Waals surface area contributed by atoms with E-state index in [0.717, 1.165) is 0 Å². The number of imide groups is 1. The van der Waals surface area contributed by atoms with Crippen molar-refractivity contribution < 1.29 is 24.0 Å². The monoisotopic (exact) mass is 468 g/mol. The summed E-state index contributed by atoms with van der Waals surface area (Å²) in [5.41, 5.74) is 4.99. The summed E-state index contributed by atoms with van der Waals surface area (Å²) >= 11 is 5.20. The molecule has 0 bridgehead atoms. The summed E-state index contributed by atoms with van der Waals surface area (Å²) in [6.45, 7) is 6.18. The van der Waals surface area contributed by atoms with Crippen LogP contribution in [0.2, 0.25) is 0 Å². The van der Waals surface area contributed by atoms with E-state index in [1.54, 1.807) is 0 Å². The Bertz CT molecular complexity index is 728. The van der Waals surface area contributed by atoms with Crippen molar-refractivity contribution in [2.45, 2.75) is 57.5 Å². The second kappa shape index (κ2) is 14.1. The predicted octanol–water partition coefficient (Wildman–Crippen LogP) is -0.543. The lowest BCUT2D eigenvalue weighted by molar-refractivity contribution is -0.138. The first-order valence-corrected chi connectivity index (χ1v) is 10.9. The Hall–Kier alpha value is -3.02. The van der Waals surface area contributed by atoms with Crippen LogP contribution in [0, 0.1) is 0 Å². The Morgan fingerprint density at radius 2 is 1.72 bits per heavy atom. The van der Waals surface area contributed by atoms with Crippen LogP contribution in [0.1, 0.15) is 45.4 Å². The number of rotatable bonds is 14. The smallest absolute Gasteiger partial charge is 0.312 e. The van der Waals surface area contributed by atoms with Gasteiger partial charge in [-0.05, 0) is 44.8 Å². The third-order valence-corrected chi connectivity index (χ3v) is 5.09. The molecule has 1 fully saturated rings. The van der Waals surface area contributed by atoms with Crippen molar-refractivity contribution >= 4 is 46.9 Å². The Labute approximate surface area is 192 Å². The van der Waals surface area contributed by atoms with E-state index in [4.69, 9.17) is 18.0 Å². The first-order valence-electron chi connectivity index (χ1n) is 10.5. The topological polar surface area (TPSA) is 163 Å². The van der Waals surface area contributed by atoms with Crippen molar-refractivity contribution in [3.8, 4) is 0 Å². The number of nitrogens with zero attached hydrogens (tertiary/aromatic N) is 1. The van der Waals surface area contributed by atoms with Gasteiger partial charge >= 0.3 is 6.03 Å². The van der Waals surface area contributed by atoms with Crippen molar-refractivity contribution in [1.29, 1.82) is 0 Å². The first kappa shape index (κ1) is 27.0. The highest BCUT2D eigenvalue weighted by molar-refractivity contribution is 7.80. The molecule has 178 valence electrons. The summed E-state index contributed by atoms with van der Waals surface area (Å²) in [5, 5.41) is 11.1. The molecule has 32 heavy (non-hydrogen) atoms. The number of urea groups is 1. The number of nitrogens with two attached hydrogens (primary N) is 1. The van der Waals surface area contributed by atoms with Gasteiger partial charge in [-0.1, -0.05) is 6.08 Å². The van der Waals surface area contributed by atoms with Gasteiger partial charge < -0.3 is 27.0 Å². The van der Waals surface area contributed by atoms with E-state index in [1.165, 1.54) is 17.9 Å². The number of nitrogens with one attached hydrogen (secondary N) is 4. The van der Waals surface area contributed by atoms with Crippen molar-refractivity contribution in [3.05, 3.63) is 12.7 Å². The summed E-state index contributed by atoms with van der Waals surface area (Å²) in [6.07, 6.45) is 4.07. The average molecular weight is 469 g/mol. The molecule has 0 aromatic rings. The quantitative estimate of drug-likeness (QED) is 0.0982. The summed E-state index contributed by atoms with van der Waals surface area (Å²) < 4.78 is 0. The van der Waals surface area contributed by atoms with Gasteiger partial charge in [0.1, 0.15) is 6.04 Å². The molecule has 11 nitrogen and oxygen atoms in total. The van der Waals surface area contributed by atoms with Gasteiger partial charge in [-0.15, -0.1) is 6.58 Å². The molecule has 6 N–H and O–H groups in total. The lowest BCUT2D eigenvalue weighted by Crippen LogP contribution is -2.52. The number of unbranched alkanes of at least 4 members (excludes halogenated alkanes) is 1. The van der Waals surface area contributed by atoms with Gasteiger partial charge in [-0.25, -0.2) is 4.79 Å². The molecule has 1 heterocycles. The molecule has 5 amide bonds. The van der Waals surface area contributed by atoms with Gasteiger partial charge in [0.15, 0.2) is 10.9 Å². The zero-order valence-electron chi connectivity index (χ0n) is 18.3. The molecule has 1 aliphatic heterocycles. The predicted molar refractivity (Wildman–Crippen MR) is 122 cm³/mol. The maximum atomic E-state index is 12.5. The molecule has 0 aromatic carbocycles. The number of carbonyl (C=O) groups excluding carboxylic acids is 5. The number of Topliss-reactive ketones (excluding diaryl/α,β-unsaturated/α-hetero) is 1. The third-order valence-electron chi connectivity index (χ3n) is 4.83. The van der Waals surface area contributed by atoms with E-state index >= 15 is 0 Å². The minimum atomic E-state index is -0.847. The van der Waals surface area contributed by atoms with Crippen LogP contribution in [0.4, 0.5) is 4.79 Å². The van der Waals surface area contributed by atoms with E-state index in [1.807, 2.05) is 0 Å². The number of ketones is 1. The number of carbonyl (C=O) groups is 5. The normalized spacial score (nSPS) is 15.0. The van der Waals surface area contributed by atoms with E-state index < -0.39 is 24.0 Å². The number of thiocarbonyl (C=S) groups is 1. The lowest BCUT2D eigenvalue weighted by atomic mass is 10.1. The van der Waals surface area contributed by atoms with Crippen LogP contribution >= 0.6 is 12.2 Å². The van der Waals surface area contributed by atoms with Crippen LogP contribution in [-0.2, 0) is 19.2 Å². The minimum Gasteiger partial charge on any atom is -0.363 e. The third kappa shape index (κ3) is 9.86. The SMILES string of the molecule is C=C[C@H](NC(=S)NCCCCN1C(=O)CCC1=O)C(=O)N[C@@H](CCCNC(N)=O)C(C)=O. The first-order chi connectivity index (χ1) is 15.1. The molecule has 0 unspecified atom stereocenters. The molecule has 1 saturated heterocycles. The molecule has 0 saturated carbocycles. The highest BCUT2D eigenvalue weighted by Gasteiger charge is 2.28. The highest BCUT2D eigenvalue weighted by atomic mass is 32.1. The lowest BCUT2D eigenvalue weighted by Gasteiger charge is -2.21. The molecule has 2 atom stereocenters. The van der Waals surface area contributed by atoms with Crippen LogP contribution in [0.25, 0.3) is 0 Å². The summed E-state index contributed by atoms with van der Waals surface area (Å²) in [4.78, 5) is 59.4. The van der Waals surface area contributed by atoms with E-state index in [9.17, 15) is 24.0 Å². The molecular formula is C20H32N6O5S. The molecular weight excluding hydrogens is 436 g/mol. The maximum Gasteiger partial charge on any atom is 0.312 e. The Kier molecular flexibility index (Phi) is 11.9. The van der Waals surface area contributed by atoms with Crippen molar-refractivity contribution in [2.24, 2.45) is 5.73 Å². The largest absolute Gasteiger partial charge is 0.363 e. The summed E-state index contributed by atoms with van der Waals surface area (Å²) in [7, 11) is 0. The van der Waals surface area contributed by atoms with Crippen LogP contribution in [-0.4, -0.2) is 71.3 Å². The molecule has 1 aliphatic rings. The Morgan fingerprint density at radius 1 is 1.09 bits per heavy atom.